The Kier molecular flexibility index (Phi) is 3.07. The van der Waals surface area contributed by atoms with Crippen LogP contribution in [0, 0.1) is 17.9 Å². The summed E-state index contributed by atoms with van der Waals surface area (Å²) in [7, 11) is 1.68. The lowest BCUT2D eigenvalue weighted by atomic mass is 10.7. The van der Waals surface area contributed by atoms with E-state index < -0.39 is 0 Å². The van der Waals surface area contributed by atoms with E-state index in [0.29, 0.717) is 0 Å². The Bertz CT molecular complexity index is 43.3. The minimum Gasteiger partial charge on any atom is -0.303 e. The summed E-state index contributed by atoms with van der Waals surface area (Å²) in [5.74, 6) is 0. The highest BCUT2D eigenvalue weighted by atomic mass is 14.8. The van der Waals surface area contributed by atoms with Crippen molar-refractivity contribution in [3.8, 4) is 6.07 Å². The van der Waals surface area contributed by atoms with Crippen LogP contribution in [0.25, 0.3) is 0 Å². The van der Waals surface area contributed by atoms with Crippen molar-refractivity contribution in [3.05, 3.63) is 6.54 Å². The Morgan fingerprint density at radius 3 is 2.60 bits per heavy atom. The van der Waals surface area contributed by atoms with Gasteiger partial charge in [-0.25, -0.2) is 0 Å². The van der Waals surface area contributed by atoms with Crippen LogP contribution in [0.1, 0.15) is 0 Å². The largest absolute Gasteiger partial charge is 0.303 e. The van der Waals surface area contributed by atoms with Gasteiger partial charge in [0.2, 0.25) is 0 Å². The number of hydrogen-bond donors (Lipinski definition) is 1. The maximum absolute atomic E-state index is 7.70. The van der Waals surface area contributed by atoms with Crippen LogP contribution in [0.15, 0.2) is 0 Å². The zero-order chi connectivity index (χ0) is 4.12. The van der Waals surface area contributed by atoms with E-state index >= 15 is 0 Å². The summed E-state index contributed by atoms with van der Waals surface area (Å²) in [6.45, 7) is 1.31. The van der Waals surface area contributed by atoms with Gasteiger partial charge in [0, 0.05) is 0 Å². The molecule has 0 unspecified atom stereocenters. The molecule has 0 spiro atoms. The molecule has 0 atom stereocenters. The highest BCUT2D eigenvalue weighted by Crippen LogP contribution is 1.49. The topological polar surface area (TPSA) is 35.8 Å². The maximum atomic E-state index is 7.70. The van der Waals surface area contributed by atoms with E-state index in [2.05, 4.69) is 5.32 Å². The lowest BCUT2D eigenvalue weighted by molar-refractivity contribution is 1.03. The van der Waals surface area contributed by atoms with Crippen molar-refractivity contribution in [3.63, 3.8) is 0 Å². The molecular formula is C3H5N2. The Labute approximate surface area is 31.4 Å². The van der Waals surface area contributed by atoms with E-state index in [0.717, 1.165) is 0 Å². The molecule has 0 aliphatic heterocycles. The fourth-order valence-electron chi connectivity index (χ4n) is 0.0645. The lowest BCUT2D eigenvalue weighted by Gasteiger charge is -1.72. The van der Waals surface area contributed by atoms with Crippen LogP contribution in [0.4, 0.5) is 0 Å². The molecule has 0 aliphatic carbocycles. The fourth-order valence-corrected chi connectivity index (χ4v) is 0.0645. The molecule has 0 aromatic rings. The van der Waals surface area contributed by atoms with E-state index in [4.69, 9.17) is 5.26 Å². The molecule has 0 saturated carbocycles. The van der Waals surface area contributed by atoms with Crippen molar-refractivity contribution in [2.75, 3.05) is 7.05 Å². The molecule has 0 fully saturated rings. The van der Waals surface area contributed by atoms with Gasteiger partial charge in [0.1, 0.15) is 6.54 Å². The van der Waals surface area contributed by atoms with Crippen LogP contribution >= 0.6 is 0 Å². The molecule has 1 radical (unpaired) electrons. The molecule has 0 saturated heterocycles. The van der Waals surface area contributed by atoms with E-state index in [1.165, 1.54) is 6.54 Å². The first-order valence-corrected chi connectivity index (χ1v) is 1.30. The molecule has 1 N–H and O–H groups in total. The minimum absolute atomic E-state index is 1.31. The second-order valence-corrected chi connectivity index (χ2v) is 0.562. The molecule has 0 amide bonds. The minimum atomic E-state index is 1.31. The Morgan fingerprint density at radius 2 is 2.60 bits per heavy atom. The van der Waals surface area contributed by atoms with Crippen LogP contribution in [0.5, 0.6) is 0 Å². The third-order valence-electron chi connectivity index (χ3n) is 0.209. The summed E-state index contributed by atoms with van der Waals surface area (Å²) >= 11 is 0. The van der Waals surface area contributed by atoms with Gasteiger partial charge in [0.15, 0.2) is 0 Å². The molecule has 5 heavy (non-hydrogen) atoms. The molecule has 0 bridgehead atoms. The zero-order valence-electron chi connectivity index (χ0n) is 3.02. The second kappa shape index (κ2) is 3.45. The zero-order valence-corrected chi connectivity index (χ0v) is 3.02. The predicted molar refractivity (Wildman–Crippen MR) is 19.0 cm³/mol. The van der Waals surface area contributed by atoms with Crippen molar-refractivity contribution in [1.29, 1.82) is 5.26 Å². The van der Waals surface area contributed by atoms with Crippen LogP contribution in [-0.4, -0.2) is 7.05 Å². The van der Waals surface area contributed by atoms with E-state index in [-0.39, 0.29) is 0 Å². The van der Waals surface area contributed by atoms with Crippen LogP contribution < -0.4 is 5.32 Å². The number of nitriles is 1. The van der Waals surface area contributed by atoms with E-state index in [1.54, 1.807) is 13.1 Å². The third kappa shape index (κ3) is 3.45. The molecule has 0 heterocycles. The highest BCUT2D eigenvalue weighted by Gasteiger charge is 1.62. The SMILES string of the molecule is CN[CH]C#N. The molecule has 0 aromatic heterocycles. The molecule has 2 heteroatoms. The van der Waals surface area contributed by atoms with Crippen molar-refractivity contribution in [1.82, 2.24) is 5.32 Å². The standard InChI is InChI=1S/C3H5N2/c1-5-3-2-4/h3,5H,1H3. The Balaban J connectivity index is 2.48. The summed E-state index contributed by atoms with van der Waals surface area (Å²) in [4.78, 5) is 0. The van der Waals surface area contributed by atoms with Gasteiger partial charge < -0.3 is 5.32 Å². The lowest BCUT2D eigenvalue weighted by Crippen LogP contribution is -1.96. The number of nitrogens with zero attached hydrogens (tertiary/aromatic N) is 1. The van der Waals surface area contributed by atoms with Crippen molar-refractivity contribution >= 4 is 0 Å². The highest BCUT2D eigenvalue weighted by molar-refractivity contribution is 4.86. The summed E-state index contributed by atoms with van der Waals surface area (Å²) in [5, 5.41) is 10.2. The van der Waals surface area contributed by atoms with Gasteiger partial charge in [0.05, 0.1) is 6.07 Å². The summed E-state index contributed by atoms with van der Waals surface area (Å²) < 4.78 is 0. The number of hydrogen-bond acceptors (Lipinski definition) is 2. The molecule has 0 aliphatic rings. The van der Waals surface area contributed by atoms with Crippen LogP contribution in [-0.2, 0) is 0 Å². The predicted octanol–water partition coefficient (Wildman–Crippen LogP) is -0.109. The number of rotatable bonds is 1. The molecule has 27 valence electrons. The molecular weight excluding hydrogens is 64.0 g/mol. The molecule has 0 rings (SSSR count). The summed E-state index contributed by atoms with van der Waals surface area (Å²) in [5.41, 5.74) is 0. The van der Waals surface area contributed by atoms with E-state index in [1.807, 2.05) is 0 Å². The second-order valence-electron chi connectivity index (χ2n) is 0.562. The Morgan fingerprint density at radius 1 is 2.00 bits per heavy atom. The van der Waals surface area contributed by atoms with Crippen molar-refractivity contribution in [2.24, 2.45) is 0 Å². The quantitative estimate of drug-likeness (QED) is 0.466. The van der Waals surface area contributed by atoms with Crippen LogP contribution in [0.3, 0.4) is 0 Å². The van der Waals surface area contributed by atoms with Gasteiger partial charge in [0.25, 0.3) is 0 Å². The fraction of sp³-hybridized carbons (Fsp3) is 0.333. The first-order valence-electron chi connectivity index (χ1n) is 1.30. The molecule has 0 aromatic carbocycles. The van der Waals surface area contributed by atoms with Crippen molar-refractivity contribution < 1.29 is 0 Å². The van der Waals surface area contributed by atoms with Gasteiger partial charge in [-0.15, -0.1) is 0 Å². The monoisotopic (exact) mass is 69.0 g/mol. The van der Waals surface area contributed by atoms with Gasteiger partial charge in [-0.05, 0) is 7.05 Å². The Hall–Kier alpha value is -0.550. The van der Waals surface area contributed by atoms with Gasteiger partial charge in [-0.1, -0.05) is 0 Å². The summed E-state index contributed by atoms with van der Waals surface area (Å²) in [6, 6.07) is 1.78. The van der Waals surface area contributed by atoms with Crippen LogP contribution in [0.2, 0.25) is 0 Å². The normalized spacial score (nSPS) is 6.40. The van der Waals surface area contributed by atoms with Gasteiger partial charge in [-0.2, -0.15) is 5.26 Å². The maximum Gasteiger partial charge on any atom is 0.124 e. The number of nitrogens with one attached hydrogen (secondary N) is 1. The average Bonchev–Trinajstić information content (AvgIpc) is 1.41. The summed E-state index contributed by atoms with van der Waals surface area (Å²) in [6.07, 6.45) is 0. The van der Waals surface area contributed by atoms with Gasteiger partial charge in [-0.3, -0.25) is 0 Å². The first-order chi connectivity index (χ1) is 2.41. The third-order valence-corrected chi connectivity index (χ3v) is 0.209. The van der Waals surface area contributed by atoms with Crippen molar-refractivity contribution in [2.45, 2.75) is 0 Å². The average molecular weight is 69.1 g/mol. The first kappa shape index (κ1) is 4.45. The smallest absolute Gasteiger partial charge is 0.124 e. The molecule has 2 nitrogen and oxygen atoms in total. The van der Waals surface area contributed by atoms with E-state index in [9.17, 15) is 0 Å². The van der Waals surface area contributed by atoms with Gasteiger partial charge >= 0.3 is 0 Å².